The summed E-state index contributed by atoms with van der Waals surface area (Å²) in [5.41, 5.74) is 2.62. The van der Waals surface area contributed by atoms with Gasteiger partial charge in [-0.2, -0.15) is 0 Å². The van der Waals surface area contributed by atoms with Crippen molar-refractivity contribution in [3.63, 3.8) is 0 Å². The molecule has 109 valence electrons. The molecule has 1 aromatic rings. The van der Waals surface area contributed by atoms with Crippen LogP contribution in [0.4, 0.5) is 5.69 Å². The van der Waals surface area contributed by atoms with Gasteiger partial charge in [-0.3, -0.25) is 4.79 Å². The van der Waals surface area contributed by atoms with Crippen molar-refractivity contribution < 1.29 is 9.53 Å². The first-order chi connectivity index (χ1) is 9.85. The van der Waals surface area contributed by atoms with Crippen LogP contribution in [0.2, 0.25) is 0 Å². The fourth-order valence-electron chi connectivity index (χ4n) is 2.81. The molecular formula is C17H24NO2. The molecule has 2 atom stereocenters. The van der Waals surface area contributed by atoms with Gasteiger partial charge < -0.3 is 10.1 Å². The summed E-state index contributed by atoms with van der Waals surface area (Å²) in [4.78, 5) is 10.2. The molecule has 0 saturated carbocycles. The maximum absolute atomic E-state index is 10.2. The highest BCUT2D eigenvalue weighted by molar-refractivity contribution is 5.55. The average molecular weight is 274 g/mol. The van der Waals surface area contributed by atoms with Gasteiger partial charge in [0, 0.05) is 18.7 Å². The van der Waals surface area contributed by atoms with E-state index in [4.69, 9.17) is 4.74 Å². The maximum Gasteiger partial charge on any atom is 0.198 e. The molecule has 0 bridgehead atoms. The highest BCUT2D eigenvalue weighted by Crippen LogP contribution is 2.37. The molecule has 3 nitrogen and oxygen atoms in total. The van der Waals surface area contributed by atoms with Gasteiger partial charge in [-0.1, -0.05) is 38.0 Å². The summed E-state index contributed by atoms with van der Waals surface area (Å²) in [6.07, 6.45) is 7.91. The number of hydrogen-bond acceptors (Lipinski definition) is 3. The molecule has 0 fully saturated rings. The zero-order chi connectivity index (χ0) is 14.2. The number of nitrogens with one attached hydrogen (secondary N) is 1. The molecular weight excluding hydrogens is 250 g/mol. The van der Waals surface area contributed by atoms with E-state index >= 15 is 0 Å². The van der Waals surface area contributed by atoms with E-state index in [2.05, 4.69) is 36.5 Å². The number of ether oxygens (including phenoxy) is 1. The molecule has 1 heterocycles. The quantitative estimate of drug-likeness (QED) is 0.728. The number of para-hydroxylation sites is 1. The molecule has 0 aliphatic carbocycles. The summed E-state index contributed by atoms with van der Waals surface area (Å²) >= 11 is 0. The Morgan fingerprint density at radius 1 is 1.35 bits per heavy atom. The van der Waals surface area contributed by atoms with Crippen LogP contribution in [0.1, 0.15) is 56.9 Å². The highest BCUT2D eigenvalue weighted by atomic mass is 16.5. The van der Waals surface area contributed by atoms with Gasteiger partial charge in [0.25, 0.3) is 0 Å². The molecule has 3 heteroatoms. The summed E-state index contributed by atoms with van der Waals surface area (Å²) < 4.78 is 5.86. The van der Waals surface area contributed by atoms with E-state index in [0.717, 1.165) is 12.8 Å². The third kappa shape index (κ3) is 4.07. The first-order valence-corrected chi connectivity index (χ1v) is 7.67. The van der Waals surface area contributed by atoms with E-state index in [-0.39, 0.29) is 6.23 Å². The minimum atomic E-state index is 0.0680. The second-order valence-electron chi connectivity index (χ2n) is 5.41. The number of fused-ring (bicyclic) bond motifs is 1. The number of rotatable bonds is 8. The average Bonchev–Trinajstić information content (AvgIpc) is 2.49. The number of hydrogen-bond donors (Lipinski definition) is 1. The third-order valence-electron chi connectivity index (χ3n) is 3.86. The molecule has 0 spiro atoms. The Morgan fingerprint density at radius 3 is 3.00 bits per heavy atom. The van der Waals surface area contributed by atoms with Gasteiger partial charge in [-0.05, 0) is 36.8 Å². The largest absolute Gasteiger partial charge is 0.360 e. The van der Waals surface area contributed by atoms with Crippen LogP contribution >= 0.6 is 0 Å². The molecule has 1 N–H and O–H groups in total. The molecule has 2 rings (SSSR count). The molecule has 20 heavy (non-hydrogen) atoms. The Hall–Kier alpha value is -1.35. The lowest BCUT2D eigenvalue weighted by molar-refractivity contribution is 0.0566. The Bertz CT molecular complexity index is 419. The Morgan fingerprint density at radius 2 is 2.20 bits per heavy atom. The zero-order valence-electron chi connectivity index (χ0n) is 12.2. The van der Waals surface area contributed by atoms with E-state index < -0.39 is 0 Å². The molecule has 1 aliphatic rings. The van der Waals surface area contributed by atoms with Crippen molar-refractivity contribution in [3.8, 4) is 0 Å². The molecule has 2 unspecified atom stereocenters. The minimum absolute atomic E-state index is 0.0680. The maximum atomic E-state index is 10.2. The van der Waals surface area contributed by atoms with Crippen molar-refractivity contribution in [2.45, 2.75) is 57.6 Å². The normalized spacial score (nSPS) is 21.1. The Labute approximate surface area is 121 Å². The molecule has 1 aliphatic heterocycles. The molecule has 1 radical (unpaired) electrons. The standard InChI is InChI=1S/C17H24NO2/c1-2-3-8-14-13-17(20-12-7-6-11-19)18-16-10-5-4-9-15(14)16/h4-5,9-10,14,17-18H,2-3,6-8,12-13H2,1H3. The summed E-state index contributed by atoms with van der Waals surface area (Å²) in [6.45, 7) is 2.85. The predicted octanol–water partition coefficient (Wildman–Crippen LogP) is 4.01. The van der Waals surface area contributed by atoms with Gasteiger partial charge in [-0.25, -0.2) is 0 Å². The lowest BCUT2D eigenvalue weighted by atomic mass is 9.86. The van der Waals surface area contributed by atoms with Gasteiger partial charge in [0.05, 0.1) is 0 Å². The number of benzene rings is 1. The van der Waals surface area contributed by atoms with Crippen molar-refractivity contribution in [2.24, 2.45) is 0 Å². The number of carbonyl (C=O) groups excluding carboxylic acids is 1. The number of anilines is 1. The minimum Gasteiger partial charge on any atom is -0.360 e. The van der Waals surface area contributed by atoms with Crippen molar-refractivity contribution in [1.29, 1.82) is 0 Å². The lowest BCUT2D eigenvalue weighted by Crippen LogP contribution is -2.31. The van der Waals surface area contributed by atoms with Crippen molar-refractivity contribution in [3.05, 3.63) is 29.8 Å². The SMILES string of the molecule is CCCCC1CC(OCCC[C]=O)Nc2ccccc21. The molecule has 0 amide bonds. The van der Waals surface area contributed by atoms with Gasteiger partial charge >= 0.3 is 0 Å². The topological polar surface area (TPSA) is 38.3 Å². The molecule has 1 aromatic carbocycles. The molecule has 0 aromatic heterocycles. The lowest BCUT2D eigenvalue weighted by Gasteiger charge is -2.33. The smallest absolute Gasteiger partial charge is 0.198 e. The first-order valence-electron chi connectivity index (χ1n) is 7.67. The van der Waals surface area contributed by atoms with Gasteiger partial charge in [0.2, 0.25) is 0 Å². The van der Waals surface area contributed by atoms with Gasteiger partial charge in [0.1, 0.15) is 6.23 Å². The highest BCUT2D eigenvalue weighted by Gasteiger charge is 2.26. The van der Waals surface area contributed by atoms with Crippen LogP contribution in [0, 0.1) is 0 Å². The van der Waals surface area contributed by atoms with Crippen molar-refractivity contribution >= 4 is 12.0 Å². The van der Waals surface area contributed by atoms with Crippen LogP contribution in [0.25, 0.3) is 0 Å². The van der Waals surface area contributed by atoms with Gasteiger partial charge in [0.15, 0.2) is 6.29 Å². The van der Waals surface area contributed by atoms with Crippen molar-refractivity contribution in [1.82, 2.24) is 0 Å². The summed E-state index contributed by atoms with van der Waals surface area (Å²) in [5, 5.41) is 3.46. The third-order valence-corrected chi connectivity index (χ3v) is 3.86. The Kier molecular flexibility index (Phi) is 6.06. The van der Waals surface area contributed by atoms with E-state index in [1.165, 1.54) is 30.5 Å². The predicted molar refractivity (Wildman–Crippen MR) is 81.6 cm³/mol. The van der Waals surface area contributed by atoms with Gasteiger partial charge in [-0.15, -0.1) is 0 Å². The second kappa shape index (κ2) is 8.05. The first kappa shape index (κ1) is 15.0. The van der Waals surface area contributed by atoms with Crippen LogP contribution in [-0.2, 0) is 9.53 Å². The monoisotopic (exact) mass is 274 g/mol. The fourth-order valence-corrected chi connectivity index (χ4v) is 2.81. The van der Waals surface area contributed by atoms with E-state index in [1.807, 2.05) is 6.29 Å². The Balaban J connectivity index is 1.96. The van der Waals surface area contributed by atoms with Crippen LogP contribution in [0.15, 0.2) is 24.3 Å². The van der Waals surface area contributed by atoms with Crippen LogP contribution < -0.4 is 5.32 Å². The fraction of sp³-hybridized carbons (Fsp3) is 0.588. The van der Waals surface area contributed by atoms with Crippen LogP contribution in [0.5, 0.6) is 0 Å². The van der Waals surface area contributed by atoms with Crippen LogP contribution in [-0.4, -0.2) is 19.1 Å². The van der Waals surface area contributed by atoms with Crippen LogP contribution in [0.3, 0.4) is 0 Å². The summed E-state index contributed by atoms with van der Waals surface area (Å²) in [7, 11) is 0. The summed E-state index contributed by atoms with van der Waals surface area (Å²) in [6, 6.07) is 8.52. The van der Waals surface area contributed by atoms with E-state index in [0.29, 0.717) is 18.9 Å². The van der Waals surface area contributed by atoms with E-state index in [9.17, 15) is 4.79 Å². The number of unbranched alkanes of at least 4 members (excludes halogenated alkanes) is 2. The van der Waals surface area contributed by atoms with Crippen molar-refractivity contribution in [2.75, 3.05) is 11.9 Å². The summed E-state index contributed by atoms with van der Waals surface area (Å²) in [5.74, 6) is 0.579. The molecule has 0 saturated heterocycles. The van der Waals surface area contributed by atoms with E-state index in [1.54, 1.807) is 0 Å². The zero-order valence-corrected chi connectivity index (χ0v) is 12.2. The second-order valence-corrected chi connectivity index (χ2v) is 5.41.